The highest BCUT2D eigenvalue weighted by Gasteiger charge is 2.24. The van der Waals surface area contributed by atoms with Crippen LogP contribution in [-0.2, 0) is 9.53 Å². The maximum atomic E-state index is 11.4. The van der Waals surface area contributed by atoms with E-state index in [0.29, 0.717) is 18.6 Å². The highest BCUT2D eigenvalue weighted by Crippen LogP contribution is 2.20. The highest BCUT2D eigenvalue weighted by atomic mass is 16.5. The van der Waals surface area contributed by atoms with E-state index in [-0.39, 0.29) is 5.91 Å². The molecule has 94 valence electrons. The molecule has 0 aromatic rings. The Morgan fingerprint density at radius 3 is 2.69 bits per heavy atom. The van der Waals surface area contributed by atoms with Crippen molar-refractivity contribution in [3.8, 4) is 0 Å². The molecule has 0 spiro atoms. The summed E-state index contributed by atoms with van der Waals surface area (Å²) >= 11 is 0. The zero-order valence-corrected chi connectivity index (χ0v) is 10.7. The fourth-order valence-corrected chi connectivity index (χ4v) is 2.20. The molecule has 4 heteroatoms. The third kappa shape index (κ3) is 4.10. The van der Waals surface area contributed by atoms with E-state index < -0.39 is 0 Å². The van der Waals surface area contributed by atoms with Crippen LogP contribution in [0, 0.1) is 0 Å². The van der Waals surface area contributed by atoms with Crippen LogP contribution in [0.25, 0.3) is 0 Å². The van der Waals surface area contributed by atoms with E-state index in [1.54, 1.807) is 26.1 Å². The number of hydrogen-bond acceptors (Lipinski definition) is 3. The van der Waals surface area contributed by atoms with E-state index in [0.717, 1.165) is 19.4 Å². The van der Waals surface area contributed by atoms with Crippen LogP contribution in [0.1, 0.15) is 32.1 Å². The number of ether oxygens (including phenoxy) is 1. The Hall–Kier alpha value is -0.610. The Labute approximate surface area is 98.3 Å². The normalized spacial score (nSPS) is 25.4. The number of rotatable bonds is 5. The monoisotopic (exact) mass is 228 g/mol. The molecule has 1 N–H and O–H groups in total. The molecule has 0 saturated heterocycles. The fourth-order valence-electron chi connectivity index (χ4n) is 2.20. The molecule has 0 aliphatic heterocycles. The second-order valence-corrected chi connectivity index (χ2v) is 4.66. The molecule has 1 saturated carbocycles. The molecule has 0 bridgehead atoms. The number of nitrogens with one attached hydrogen (secondary N) is 1. The van der Waals surface area contributed by atoms with Crippen LogP contribution in [0.4, 0.5) is 0 Å². The van der Waals surface area contributed by atoms with Crippen molar-refractivity contribution in [2.75, 3.05) is 27.7 Å². The zero-order valence-electron chi connectivity index (χ0n) is 10.7. The molecule has 1 aliphatic rings. The molecular weight excluding hydrogens is 204 g/mol. The minimum absolute atomic E-state index is 0.178. The van der Waals surface area contributed by atoms with Crippen molar-refractivity contribution < 1.29 is 9.53 Å². The van der Waals surface area contributed by atoms with Crippen LogP contribution in [0.5, 0.6) is 0 Å². The summed E-state index contributed by atoms with van der Waals surface area (Å²) in [7, 11) is 5.36. The molecule has 0 radical (unpaired) electrons. The number of hydrogen-bond donors (Lipinski definition) is 1. The van der Waals surface area contributed by atoms with Gasteiger partial charge in [0.2, 0.25) is 5.91 Å². The van der Waals surface area contributed by atoms with Crippen LogP contribution < -0.4 is 5.32 Å². The average molecular weight is 228 g/mol. The quantitative estimate of drug-likeness (QED) is 0.763. The van der Waals surface area contributed by atoms with Gasteiger partial charge in [0, 0.05) is 40.2 Å². The first kappa shape index (κ1) is 13.5. The minimum Gasteiger partial charge on any atom is -0.380 e. The molecule has 1 fully saturated rings. The molecule has 2 atom stereocenters. The summed E-state index contributed by atoms with van der Waals surface area (Å²) in [5, 5.41) is 3.44. The molecule has 1 amide bonds. The standard InChI is InChI=1S/C12H24N2O2/c1-14(2)12(15)8-9-13-10-6-4-5-7-11(10)16-3/h10-11,13H,4-9H2,1-3H3. The smallest absolute Gasteiger partial charge is 0.223 e. The third-order valence-electron chi connectivity index (χ3n) is 3.25. The second-order valence-electron chi connectivity index (χ2n) is 4.66. The van der Waals surface area contributed by atoms with Gasteiger partial charge in [-0.05, 0) is 12.8 Å². The second kappa shape index (κ2) is 6.86. The first-order chi connectivity index (χ1) is 7.65. The van der Waals surface area contributed by atoms with Gasteiger partial charge in [0.1, 0.15) is 0 Å². The Balaban J connectivity index is 2.22. The summed E-state index contributed by atoms with van der Waals surface area (Å²) in [6.07, 6.45) is 5.71. The van der Waals surface area contributed by atoms with Gasteiger partial charge in [0.25, 0.3) is 0 Å². The zero-order chi connectivity index (χ0) is 12.0. The van der Waals surface area contributed by atoms with E-state index in [1.807, 2.05) is 0 Å². The number of nitrogens with zero attached hydrogens (tertiary/aromatic N) is 1. The molecule has 0 heterocycles. The summed E-state index contributed by atoms with van der Waals surface area (Å²) in [5.41, 5.74) is 0. The third-order valence-corrected chi connectivity index (χ3v) is 3.25. The van der Waals surface area contributed by atoms with Gasteiger partial charge in [-0.1, -0.05) is 12.8 Å². The van der Waals surface area contributed by atoms with Gasteiger partial charge in [-0.2, -0.15) is 0 Å². The van der Waals surface area contributed by atoms with Gasteiger partial charge in [-0.15, -0.1) is 0 Å². The van der Waals surface area contributed by atoms with Gasteiger partial charge in [-0.3, -0.25) is 4.79 Å². The number of carbonyl (C=O) groups excluding carboxylic acids is 1. The van der Waals surface area contributed by atoms with E-state index in [2.05, 4.69) is 5.32 Å². The highest BCUT2D eigenvalue weighted by molar-refractivity contribution is 5.75. The Morgan fingerprint density at radius 2 is 2.06 bits per heavy atom. The van der Waals surface area contributed by atoms with Crippen LogP contribution in [-0.4, -0.2) is 50.7 Å². The summed E-state index contributed by atoms with van der Waals surface area (Å²) in [4.78, 5) is 13.0. The number of methoxy groups -OCH3 is 1. The molecule has 0 aromatic carbocycles. The van der Waals surface area contributed by atoms with Crippen molar-refractivity contribution in [1.29, 1.82) is 0 Å². The maximum Gasteiger partial charge on any atom is 0.223 e. The van der Waals surface area contributed by atoms with E-state index in [4.69, 9.17) is 4.74 Å². The molecular formula is C12H24N2O2. The van der Waals surface area contributed by atoms with Crippen molar-refractivity contribution in [3.63, 3.8) is 0 Å². The van der Waals surface area contributed by atoms with E-state index in [9.17, 15) is 4.79 Å². The van der Waals surface area contributed by atoms with Crippen LogP contribution in [0.15, 0.2) is 0 Å². The molecule has 4 nitrogen and oxygen atoms in total. The van der Waals surface area contributed by atoms with Gasteiger partial charge in [0.05, 0.1) is 6.10 Å². The molecule has 1 aliphatic carbocycles. The van der Waals surface area contributed by atoms with Crippen molar-refractivity contribution in [2.24, 2.45) is 0 Å². The first-order valence-electron chi connectivity index (χ1n) is 6.11. The summed E-state index contributed by atoms with van der Waals surface area (Å²) in [6.45, 7) is 0.752. The Morgan fingerprint density at radius 1 is 1.38 bits per heavy atom. The Kier molecular flexibility index (Phi) is 5.77. The summed E-state index contributed by atoms with van der Waals surface area (Å²) in [5.74, 6) is 0.178. The maximum absolute atomic E-state index is 11.4. The summed E-state index contributed by atoms with van der Waals surface area (Å²) < 4.78 is 5.45. The van der Waals surface area contributed by atoms with E-state index in [1.165, 1.54) is 12.8 Å². The molecule has 1 rings (SSSR count). The number of carbonyl (C=O) groups is 1. The Bertz CT molecular complexity index is 219. The SMILES string of the molecule is COC1CCCCC1NCCC(=O)N(C)C. The lowest BCUT2D eigenvalue weighted by molar-refractivity contribution is -0.128. The largest absolute Gasteiger partial charge is 0.380 e. The lowest BCUT2D eigenvalue weighted by Gasteiger charge is -2.31. The van der Waals surface area contributed by atoms with E-state index >= 15 is 0 Å². The fraction of sp³-hybridized carbons (Fsp3) is 0.917. The number of amides is 1. The topological polar surface area (TPSA) is 41.6 Å². The summed E-state index contributed by atoms with van der Waals surface area (Å²) in [6, 6.07) is 0.425. The molecule has 16 heavy (non-hydrogen) atoms. The van der Waals surface area contributed by atoms with Crippen LogP contribution >= 0.6 is 0 Å². The van der Waals surface area contributed by atoms with Crippen molar-refractivity contribution in [1.82, 2.24) is 10.2 Å². The average Bonchev–Trinajstić information content (AvgIpc) is 2.29. The lowest BCUT2D eigenvalue weighted by atomic mass is 9.92. The molecule has 0 aromatic heterocycles. The van der Waals surface area contributed by atoms with Gasteiger partial charge in [0.15, 0.2) is 0 Å². The lowest BCUT2D eigenvalue weighted by Crippen LogP contribution is -2.44. The van der Waals surface area contributed by atoms with Gasteiger partial charge >= 0.3 is 0 Å². The molecule has 2 unspecified atom stereocenters. The predicted molar refractivity (Wildman–Crippen MR) is 64.4 cm³/mol. The van der Waals surface area contributed by atoms with Crippen molar-refractivity contribution in [3.05, 3.63) is 0 Å². The van der Waals surface area contributed by atoms with Gasteiger partial charge in [-0.25, -0.2) is 0 Å². The minimum atomic E-state index is 0.178. The van der Waals surface area contributed by atoms with Crippen LogP contribution in [0.3, 0.4) is 0 Å². The van der Waals surface area contributed by atoms with Crippen molar-refractivity contribution in [2.45, 2.75) is 44.2 Å². The predicted octanol–water partition coefficient (Wildman–Crippen LogP) is 1.01. The van der Waals surface area contributed by atoms with Crippen LogP contribution in [0.2, 0.25) is 0 Å². The van der Waals surface area contributed by atoms with Crippen molar-refractivity contribution >= 4 is 5.91 Å². The van der Waals surface area contributed by atoms with Gasteiger partial charge < -0.3 is 15.0 Å². The first-order valence-corrected chi connectivity index (χ1v) is 6.11.